The Morgan fingerprint density at radius 2 is 1.88 bits per heavy atom. The number of alkyl halides is 3. The van der Waals surface area contributed by atoms with Gasteiger partial charge in [-0.1, -0.05) is 0 Å². The van der Waals surface area contributed by atoms with Crippen molar-refractivity contribution < 1.29 is 37.0 Å². The maximum Gasteiger partial charge on any atom is 0.433 e. The molecule has 0 bridgehead atoms. The number of hydrogen-bond acceptors (Lipinski definition) is 6. The van der Waals surface area contributed by atoms with Crippen molar-refractivity contribution in [3.05, 3.63) is 41.6 Å². The van der Waals surface area contributed by atoms with Crippen LogP contribution in [-0.2, 0) is 31.8 Å². The molecule has 1 aromatic heterocycles. The molecule has 140 valence electrons. The van der Waals surface area contributed by atoms with Crippen LogP contribution in [0.2, 0.25) is 0 Å². The average Bonchev–Trinajstić information content (AvgIpc) is 2.57. The van der Waals surface area contributed by atoms with Crippen molar-refractivity contribution in [3.63, 3.8) is 0 Å². The van der Waals surface area contributed by atoms with Gasteiger partial charge in [-0.3, -0.25) is 14.4 Å². The monoisotopic (exact) mass is 371 g/mol. The number of hydrogen-bond donors (Lipinski definition) is 0. The summed E-state index contributed by atoms with van der Waals surface area (Å²) in [5.41, 5.74) is -1.75. The number of carbonyl (C=O) groups is 3. The van der Waals surface area contributed by atoms with Crippen molar-refractivity contribution in [1.82, 2.24) is 4.98 Å². The van der Waals surface area contributed by atoms with E-state index in [4.69, 9.17) is 4.74 Å². The Kier molecular flexibility index (Phi) is 6.12. The molecule has 2 rings (SSSR count). The largest absolute Gasteiger partial charge is 0.501 e. The molecule has 0 spiro atoms. The number of rotatable bonds is 6. The Morgan fingerprint density at radius 3 is 2.46 bits per heavy atom. The second-order valence-corrected chi connectivity index (χ2v) is 5.59. The standard InChI is InChI=1S/C17H16F3NO5/c1-25-7-8-26-9-11-10(5-6-14(21-11)17(18,19)20)16(24)15-12(22)3-2-4-13(15)23/h5-8,15H,2-4,9H2,1H3/b8-7+. The van der Waals surface area contributed by atoms with E-state index in [1.54, 1.807) is 0 Å². The van der Waals surface area contributed by atoms with Crippen LogP contribution in [-0.4, -0.2) is 29.4 Å². The molecule has 6 nitrogen and oxygen atoms in total. The Hall–Kier alpha value is -2.71. The van der Waals surface area contributed by atoms with Gasteiger partial charge in [0.2, 0.25) is 0 Å². The van der Waals surface area contributed by atoms with Crippen molar-refractivity contribution in [2.45, 2.75) is 32.0 Å². The van der Waals surface area contributed by atoms with Gasteiger partial charge in [-0.05, 0) is 18.6 Å². The number of ketones is 3. The van der Waals surface area contributed by atoms with Crippen molar-refractivity contribution >= 4 is 17.3 Å². The molecule has 1 heterocycles. The topological polar surface area (TPSA) is 82.6 Å². The molecule has 0 aliphatic heterocycles. The Balaban J connectivity index is 2.38. The van der Waals surface area contributed by atoms with Gasteiger partial charge in [-0.2, -0.15) is 13.2 Å². The Labute approximate surface area is 147 Å². The molecule has 0 saturated heterocycles. The lowest BCUT2D eigenvalue weighted by atomic mass is 9.81. The number of carbonyl (C=O) groups excluding carboxylic acids is 3. The van der Waals surface area contributed by atoms with Crippen LogP contribution in [0.4, 0.5) is 13.2 Å². The lowest BCUT2D eigenvalue weighted by Gasteiger charge is -2.19. The van der Waals surface area contributed by atoms with Gasteiger partial charge in [0.1, 0.15) is 30.7 Å². The first kappa shape index (κ1) is 19.6. The predicted molar refractivity (Wildman–Crippen MR) is 81.9 cm³/mol. The smallest absolute Gasteiger partial charge is 0.433 e. The summed E-state index contributed by atoms with van der Waals surface area (Å²) in [6, 6.07) is 1.56. The Bertz CT molecular complexity index is 726. The molecule has 1 saturated carbocycles. The van der Waals surface area contributed by atoms with Crippen molar-refractivity contribution in [2.75, 3.05) is 7.11 Å². The molecule has 0 amide bonds. The molecule has 0 radical (unpaired) electrons. The van der Waals surface area contributed by atoms with Crippen LogP contribution in [0.15, 0.2) is 24.7 Å². The summed E-state index contributed by atoms with van der Waals surface area (Å²) in [6.07, 6.45) is -1.96. The fourth-order valence-corrected chi connectivity index (χ4v) is 2.57. The molecule has 26 heavy (non-hydrogen) atoms. The number of Topliss-reactive ketones (excluding diaryl/α,β-unsaturated/α-hetero) is 3. The highest BCUT2D eigenvalue weighted by Crippen LogP contribution is 2.30. The van der Waals surface area contributed by atoms with E-state index in [1.165, 1.54) is 7.11 Å². The summed E-state index contributed by atoms with van der Waals surface area (Å²) in [4.78, 5) is 40.0. The summed E-state index contributed by atoms with van der Waals surface area (Å²) in [7, 11) is 1.34. The molecule has 1 aliphatic rings. The molecule has 0 unspecified atom stereocenters. The summed E-state index contributed by atoms with van der Waals surface area (Å²) in [6.45, 7) is -0.458. The first-order valence-electron chi connectivity index (χ1n) is 7.72. The normalized spacial score (nSPS) is 16.2. The quantitative estimate of drug-likeness (QED) is 0.434. The molecule has 1 aromatic rings. The van der Waals surface area contributed by atoms with E-state index >= 15 is 0 Å². The van der Waals surface area contributed by atoms with Gasteiger partial charge >= 0.3 is 6.18 Å². The second kappa shape index (κ2) is 8.11. The van der Waals surface area contributed by atoms with Crippen LogP contribution in [0, 0.1) is 5.92 Å². The van der Waals surface area contributed by atoms with Gasteiger partial charge in [0.15, 0.2) is 17.3 Å². The van der Waals surface area contributed by atoms with E-state index in [0.29, 0.717) is 12.5 Å². The lowest BCUT2D eigenvalue weighted by Crippen LogP contribution is -2.36. The van der Waals surface area contributed by atoms with E-state index in [0.717, 1.165) is 18.6 Å². The minimum atomic E-state index is -4.71. The highest BCUT2D eigenvalue weighted by atomic mass is 19.4. The van der Waals surface area contributed by atoms with Crippen molar-refractivity contribution in [1.29, 1.82) is 0 Å². The molecular weight excluding hydrogens is 355 g/mol. The number of methoxy groups -OCH3 is 1. The number of aromatic nitrogens is 1. The van der Waals surface area contributed by atoms with Crippen LogP contribution in [0.1, 0.15) is 41.0 Å². The molecule has 0 N–H and O–H groups in total. The van der Waals surface area contributed by atoms with Crippen LogP contribution >= 0.6 is 0 Å². The van der Waals surface area contributed by atoms with E-state index in [9.17, 15) is 27.6 Å². The van der Waals surface area contributed by atoms with Gasteiger partial charge in [-0.15, -0.1) is 0 Å². The molecule has 9 heteroatoms. The number of nitrogens with zero attached hydrogens (tertiary/aromatic N) is 1. The van der Waals surface area contributed by atoms with E-state index in [1.807, 2.05) is 0 Å². The van der Waals surface area contributed by atoms with Crippen molar-refractivity contribution in [2.24, 2.45) is 5.92 Å². The first-order valence-corrected chi connectivity index (χ1v) is 7.72. The van der Waals surface area contributed by atoms with Gasteiger partial charge in [-0.25, -0.2) is 4.98 Å². The number of pyridine rings is 1. The van der Waals surface area contributed by atoms with Gasteiger partial charge in [0.25, 0.3) is 0 Å². The number of ether oxygens (including phenoxy) is 2. The third-order valence-corrected chi connectivity index (χ3v) is 3.79. The van der Waals surface area contributed by atoms with E-state index < -0.39 is 41.7 Å². The van der Waals surface area contributed by atoms with Crippen LogP contribution in [0.5, 0.6) is 0 Å². The van der Waals surface area contributed by atoms with Crippen LogP contribution in [0.25, 0.3) is 0 Å². The zero-order chi connectivity index (χ0) is 19.3. The fraction of sp³-hybridized carbons (Fsp3) is 0.412. The summed E-state index contributed by atoms with van der Waals surface area (Å²) < 4.78 is 48.3. The minimum Gasteiger partial charge on any atom is -0.501 e. The molecule has 0 atom stereocenters. The summed E-state index contributed by atoms with van der Waals surface area (Å²) in [5.74, 6) is -3.40. The van der Waals surface area contributed by atoms with Crippen LogP contribution in [0.3, 0.4) is 0 Å². The van der Waals surface area contributed by atoms with E-state index in [-0.39, 0.29) is 24.1 Å². The molecule has 0 aromatic carbocycles. The predicted octanol–water partition coefficient (Wildman–Crippen LogP) is 2.86. The lowest BCUT2D eigenvalue weighted by molar-refractivity contribution is -0.141. The maximum absolute atomic E-state index is 12.9. The van der Waals surface area contributed by atoms with Crippen molar-refractivity contribution in [3.8, 4) is 0 Å². The van der Waals surface area contributed by atoms with Gasteiger partial charge < -0.3 is 9.47 Å². The zero-order valence-electron chi connectivity index (χ0n) is 13.8. The summed E-state index contributed by atoms with van der Waals surface area (Å²) in [5, 5.41) is 0. The minimum absolute atomic E-state index is 0.0820. The SMILES string of the molecule is CO/C=C/OCc1nc(C(F)(F)F)ccc1C(=O)C1C(=O)CCCC1=O. The number of halogens is 3. The third-order valence-electron chi connectivity index (χ3n) is 3.79. The second-order valence-electron chi connectivity index (χ2n) is 5.59. The maximum atomic E-state index is 12.9. The average molecular weight is 371 g/mol. The van der Waals surface area contributed by atoms with Gasteiger partial charge in [0, 0.05) is 18.4 Å². The fourth-order valence-electron chi connectivity index (χ4n) is 2.57. The third kappa shape index (κ3) is 4.47. The molecule has 1 fully saturated rings. The Morgan fingerprint density at radius 1 is 1.23 bits per heavy atom. The highest BCUT2D eigenvalue weighted by Gasteiger charge is 2.39. The first-order chi connectivity index (χ1) is 12.3. The van der Waals surface area contributed by atoms with Crippen LogP contribution < -0.4 is 0 Å². The zero-order valence-corrected chi connectivity index (χ0v) is 13.8. The molecular formula is C17H16F3NO5. The summed E-state index contributed by atoms with van der Waals surface area (Å²) >= 11 is 0. The molecule has 1 aliphatic carbocycles. The highest BCUT2D eigenvalue weighted by molar-refractivity contribution is 6.25. The van der Waals surface area contributed by atoms with Gasteiger partial charge in [0.05, 0.1) is 12.8 Å². The van der Waals surface area contributed by atoms with E-state index in [2.05, 4.69) is 9.72 Å².